The molecule has 0 amide bonds. The minimum Gasteiger partial charge on any atom is -0.510 e. The molecule has 0 aliphatic carbocycles. The molecule has 0 atom stereocenters. The van der Waals surface area contributed by atoms with Crippen LogP contribution in [0.15, 0.2) is 146 Å². The standard InChI is InChI=1S/C43H27BN6O.Pt/c1-46-28-47-41-27-31(51-30-21-23-33-32-14-5-6-15-35(32)48(40(33)26-30)42-20-9-10-25-45-42)22-24-34(41)44-49(29-12-3-2-4-13-29)36-16-7-8-17-37(36)50(44)39-19-11-18-38(46)43(39)47;/h2-25H,1H3;/q-2;. The van der Waals surface area contributed by atoms with Crippen LogP contribution < -0.4 is 24.4 Å². The van der Waals surface area contributed by atoms with E-state index in [-0.39, 0.29) is 28.0 Å². The summed E-state index contributed by atoms with van der Waals surface area (Å²) in [4.78, 5) is 9.55. The van der Waals surface area contributed by atoms with Crippen molar-refractivity contribution in [1.29, 1.82) is 0 Å². The molecule has 0 saturated carbocycles. The molecule has 0 N–H and O–H groups in total. The second-order valence-electron chi connectivity index (χ2n) is 12.9. The van der Waals surface area contributed by atoms with Gasteiger partial charge in [-0.25, -0.2) is 4.98 Å². The van der Waals surface area contributed by atoms with Crippen LogP contribution in [0.3, 0.4) is 0 Å². The molecule has 2 aliphatic rings. The van der Waals surface area contributed by atoms with Crippen molar-refractivity contribution in [2.24, 2.45) is 7.05 Å². The molecule has 3 aromatic heterocycles. The smallest absolute Gasteiger partial charge is 0.340 e. The van der Waals surface area contributed by atoms with Crippen LogP contribution in [-0.4, -0.2) is 21.1 Å². The Morgan fingerprint density at radius 2 is 1.35 bits per heavy atom. The number of imidazole rings is 1. The van der Waals surface area contributed by atoms with Crippen molar-refractivity contribution < 1.29 is 30.4 Å². The van der Waals surface area contributed by atoms with Crippen molar-refractivity contribution in [3.8, 4) is 23.0 Å². The Hall–Kier alpha value is -6.11. The van der Waals surface area contributed by atoms with Crippen LogP contribution in [0.4, 0.5) is 22.7 Å². The van der Waals surface area contributed by atoms with Gasteiger partial charge in [0.1, 0.15) is 5.82 Å². The molecule has 11 rings (SSSR count). The van der Waals surface area contributed by atoms with Gasteiger partial charge in [0.15, 0.2) is 0 Å². The van der Waals surface area contributed by atoms with Crippen LogP contribution in [0.2, 0.25) is 0 Å². The van der Waals surface area contributed by atoms with Gasteiger partial charge in [0.2, 0.25) is 6.33 Å². The zero-order chi connectivity index (χ0) is 33.6. The Morgan fingerprint density at radius 1 is 0.635 bits per heavy atom. The van der Waals surface area contributed by atoms with E-state index in [4.69, 9.17) is 4.74 Å². The van der Waals surface area contributed by atoms with E-state index in [1.54, 1.807) is 0 Å². The summed E-state index contributed by atoms with van der Waals surface area (Å²) >= 11 is 0. The number of pyridine rings is 1. The Morgan fingerprint density at radius 3 is 2.19 bits per heavy atom. The number of aryl methyl sites for hydroxylation is 1. The van der Waals surface area contributed by atoms with Gasteiger partial charge < -0.3 is 28.1 Å². The van der Waals surface area contributed by atoms with E-state index in [0.29, 0.717) is 11.5 Å². The molecule has 6 aromatic carbocycles. The summed E-state index contributed by atoms with van der Waals surface area (Å²) in [6, 6.07) is 55.7. The summed E-state index contributed by atoms with van der Waals surface area (Å²) in [6.07, 6.45) is 5.41. The maximum atomic E-state index is 6.65. The van der Waals surface area contributed by atoms with Crippen molar-refractivity contribution >= 4 is 68.0 Å². The number of hydrogen-bond donors (Lipinski definition) is 0. The van der Waals surface area contributed by atoms with E-state index in [2.05, 4.69) is 156 Å². The van der Waals surface area contributed by atoms with Gasteiger partial charge in [0.05, 0.1) is 29.5 Å². The predicted octanol–water partition coefficient (Wildman–Crippen LogP) is 8.14. The minimum atomic E-state index is -0.175. The molecule has 5 heterocycles. The molecule has 9 aromatic rings. The van der Waals surface area contributed by atoms with Gasteiger partial charge in [-0.1, -0.05) is 77.9 Å². The number of hydrogen-bond acceptors (Lipinski definition) is 4. The summed E-state index contributed by atoms with van der Waals surface area (Å²) in [6.45, 7) is -0.175. The average molecular weight is 850 g/mol. The second-order valence-corrected chi connectivity index (χ2v) is 12.9. The normalized spacial score (nSPS) is 12.8. The van der Waals surface area contributed by atoms with Crippen LogP contribution in [0.5, 0.6) is 11.5 Å². The van der Waals surface area contributed by atoms with Gasteiger partial charge in [0.25, 0.3) is 0 Å². The molecule has 7 nitrogen and oxygen atoms in total. The van der Waals surface area contributed by atoms with E-state index in [0.717, 1.165) is 72.6 Å². The third-order valence-electron chi connectivity index (χ3n) is 10.1. The molecule has 0 unspecified atom stereocenters. The maximum Gasteiger partial charge on any atom is 0.340 e. The Kier molecular flexibility index (Phi) is 6.92. The van der Waals surface area contributed by atoms with Crippen LogP contribution in [0, 0.1) is 18.5 Å². The molecular formula is C43H27BN6OPt-2. The summed E-state index contributed by atoms with van der Waals surface area (Å²) in [5.41, 5.74) is 10.6. The topological polar surface area (TPSA) is 42.3 Å². The van der Waals surface area contributed by atoms with Crippen molar-refractivity contribution in [3.05, 3.63) is 164 Å². The third-order valence-corrected chi connectivity index (χ3v) is 10.1. The Bertz CT molecular complexity index is 2840. The van der Waals surface area contributed by atoms with Crippen LogP contribution in [0.25, 0.3) is 44.3 Å². The number of benzene rings is 6. The number of para-hydroxylation sites is 5. The van der Waals surface area contributed by atoms with Crippen LogP contribution in [-0.2, 0) is 28.1 Å². The van der Waals surface area contributed by atoms with E-state index in [1.807, 2.05) is 43.6 Å². The van der Waals surface area contributed by atoms with E-state index in [1.165, 1.54) is 0 Å². The summed E-state index contributed by atoms with van der Waals surface area (Å²) < 4.78 is 13.0. The van der Waals surface area contributed by atoms with Gasteiger partial charge in [-0.15, -0.1) is 35.1 Å². The first-order chi connectivity index (χ1) is 25.2. The molecule has 0 radical (unpaired) electrons. The first-order valence-electron chi connectivity index (χ1n) is 17.0. The SMILES string of the molecule is Cn1[c-][n+]2c3c(cccc31)N1B(c3ccc(Oc4[c-]c5c(cc4)c4ccccc4n5-c4ccccn4)[c-]c3-2)N(c2ccccc2)c2ccccc21.[Pt]. The zero-order valence-electron chi connectivity index (χ0n) is 27.8. The summed E-state index contributed by atoms with van der Waals surface area (Å²) in [5.74, 6) is 2.02. The fourth-order valence-corrected chi connectivity index (χ4v) is 7.99. The van der Waals surface area contributed by atoms with Gasteiger partial charge >= 0.3 is 6.98 Å². The number of ether oxygens (including phenoxy) is 1. The average Bonchev–Trinajstić information content (AvgIpc) is 3.80. The molecule has 0 saturated heterocycles. The fraction of sp³-hybridized carbons (Fsp3) is 0.0233. The van der Waals surface area contributed by atoms with Crippen molar-refractivity contribution in [1.82, 2.24) is 14.1 Å². The molecular weight excluding hydrogens is 822 g/mol. The maximum absolute atomic E-state index is 6.65. The Balaban J connectivity index is 0.00000338. The number of nitrogens with zero attached hydrogens (tertiary/aromatic N) is 6. The van der Waals surface area contributed by atoms with E-state index >= 15 is 0 Å². The first kappa shape index (κ1) is 30.7. The van der Waals surface area contributed by atoms with Gasteiger partial charge in [-0.2, -0.15) is 12.1 Å². The first-order valence-corrected chi connectivity index (χ1v) is 17.0. The van der Waals surface area contributed by atoms with Crippen molar-refractivity contribution in [3.63, 3.8) is 0 Å². The van der Waals surface area contributed by atoms with Crippen molar-refractivity contribution in [2.45, 2.75) is 0 Å². The van der Waals surface area contributed by atoms with Gasteiger partial charge in [-0.05, 0) is 53.9 Å². The molecule has 0 fully saturated rings. The number of fused-ring (bicyclic) bond motifs is 10. The summed E-state index contributed by atoms with van der Waals surface area (Å²) in [7, 11) is 2.04. The molecule has 250 valence electrons. The molecule has 9 heteroatoms. The molecule has 0 bridgehead atoms. The molecule has 2 aliphatic heterocycles. The van der Waals surface area contributed by atoms with E-state index < -0.39 is 0 Å². The third kappa shape index (κ3) is 4.37. The number of rotatable bonds is 4. The summed E-state index contributed by atoms with van der Waals surface area (Å²) in [5, 5.41) is 2.23. The van der Waals surface area contributed by atoms with E-state index in [9.17, 15) is 0 Å². The second kappa shape index (κ2) is 11.7. The largest absolute Gasteiger partial charge is 0.510 e. The Labute approximate surface area is 314 Å². The monoisotopic (exact) mass is 849 g/mol. The minimum absolute atomic E-state index is 0. The fourth-order valence-electron chi connectivity index (χ4n) is 7.99. The molecule has 0 spiro atoms. The van der Waals surface area contributed by atoms with Crippen LogP contribution in [0.1, 0.15) is 0 Å². The number of anilines is 4. The quantitative estimate of drug-likeness (QED) is 0.102. The number of aromatic nitrogens is 4. The zero-order valence-corrected chi connectivity index (χ0v) is 30.1. The van der Waals surface area contributed by atoms with Crippen molar-refractivity contribution in [2.75, 3.05) is 9.62 Å². The van der Waals surface area contributed by atoms with Gasteiger partial charge in [-0.3, -0.25) is 0 Å². The van der Waals surface area contributed by atoms with Gasteiger partial charge in [0, 0.05) is 55.7 Å². The van der Waals surface area contributed by atoms with Crippen LogP contribution >= 0.6 is 0 Å². The molecule has 52 heavy (non-hydrogen) atoms. The predicted molar refractivity (Wildman–Crippen MR) is 202 cm³/mol.